The zero-order chi connectivity index (χ0) is 17.6. The summed E-state index contributed by atoms with van der Waals surface area (Å²) in [6, 6.07) is 15.5. The van der Waals surface area contributed by atoms with E-state index in [1.807, 2.05) is 30.3 Å². The molecule has 0 amide bonds. The second-order valence-corrected chi connectivity index (χ2v) is 6.44. The van der Waals surface area contributed by atoms with Crippen molar-refractivity contribution < 1.29 is 14.3 Å². The highest BCUT2D eigenvalue weighted by Gasteiger charge is 2.31. The van der Waals surface area contributed by atoms with E-state index in [9.17, 15) is 4.79 Å². The molecule has 0 aliphatic carbocycles. The Balaban J connectivity index is 1.99. The van der Waals surface area contributed by atoms with Gasteiger partial charge >= 0.3 is 0 Å². The van der Waals surface area contributed by atoms with Gasteiger partial charge in [-0.15, -0.1) is 0 Å². The SMILES string of the molecule is COc1cc(OC)cc(C(=O)C(c2ccccc2)C2CCNCC2)c1. The number of hydrogen-bond donors (Lipinski definition) is 1. The molecule has 2 aromatic carbocycles. The van der Waals surface area contributed by atoms with Crippen LogP contribution in [0.2, 0.25) is 0 Å². The fourth-order valence-electron chi connectivity index (χ4n) is 3.60. The van der Waals surface area contributed by atoms with Crippen LogP contribution in [-0.2, 0) is 0 Å². The van der Waals surface area contributed by atoms with Gasteiger partial charge in [0.1, 0.15) is 11.5 Å². The van der Waals surface area contributed by atoms with E-state index < -0.39 is 0 Å². The lowest BCUT2D eigenvalue weighted by Crippen LogP contribution is -2.33. The number of rotatable bonds is 6. The molecule has 1 atom stereocenters. The summed E-state index contributed by atoms with van der Waals surface area (Å²) in [6.45, 7) is 1.92. The number of hydrogen-bond acceptors (Lipinski definition) is 4. The van der Waals surface area contributed by atoms with Crippen molar-refractivity contribution in [1.29, 1.82) is 0 Å². The molecule has 4 nitrogen and oxygen atoms in total. The van der Waals surface area contributed by atoms with Crippen molar-refractivity contribution in [2.45, 2.75) is 18.8 Å². The maximum absolute atomic E-state index is 13.4. The van der Waals surface area contributed by atoms with E-state index in [1.54, 1.807) is 20.3 Å². The van der Waals surface area contributed by atoms with Crippen LogP contribution in [0.15, 0.2) is 48.5 Å². The number of carbonyl (C=O) groups is 1. The van der Waals surface area contributed by atoms with E-state index in [2.05, 4.69) is 17.4 Å². The monoisotopic (exact) mass is 339 g/mol. The molecular weight excluding hydrogens is 314 g/mol. The predicted octanol–water partition coefficient (Wildman–Crippen LogP) is 3.67. The fraction of sp³-hybridized carbons (Fsp3) is 0.381. The summed E-state index contributed by atoms with van der Waals surface area (Å²) in [7, 11) is 3.20. The van der Waals surface area contributed by atoms with Crippen LogP contribution in [0.25, 0.3) is 0 Å². The topological polar surface area (TPSA) is 47.6 Å². The molecule has 0 aromatic heterocycles. The smallest absolute Gasteiger partial charge is 0.170 e. The molecular formula is C21H25NO3. The van der Waals surface area contributed by atoms with Crippen LogP contribution < -0.4 is 14.8 Å². The Morgan fingerprint density at radius 2 is 1.60 bits per heavy atom. The van der Waals surface area contributed by atoms with Gasteiger partial charge in [0.15, 0.2) is 5.78 Å². The van der Waals surface area contributed by atoms with Gasteiger partial charge in [0.05, 0.1) is 20.1 Å². The van der Waals surface area contributed by atoms with Crippen molar-refractivity contribution >= 4 is 5.78 Å². The van der Waals surface area contributed by atoms with Crippen LogP contribution >= 0.6 is 0 Å². The number of carbonyl (C=O) groups excluding carboxylic acids is 1. The lowest BCUT2D eigenvalue weighted by Gasteiger charge is -2.30. The minimum absolute atomic E-state index is 0.135. The highest BCUT2D eigenvalue weighted by molar-refractivity contribution is 6.01. The zero-order valence-corrected chi connectivity index (χ0v) is 14.8. The van der Waals surface area contributed by atoms with Crippen LogP contribution in [0, 0.1) is 5.92 Å². The molecule has 2 aromatic rings. The summed E-state index contributed by atoms with van der Waals surface area (Å²) >= 11 is 0. The van der Waals surface area contributed by atoms with Crippen molar-refractivity contribution in [1.82, 2.24) is 5.32 Å². The Kier molecular flexibility index (Phi) is 5.71. The average molecular weight is 339 g/mol. The first-order valence-corrected chi connectivity index (χ1v) is 8.76. The minimum atomic E-state index is -0.139. The number of ketones is 1. The molecule has 1 heterocycles. The van der Waals surface area contributed by atoms with Gasteiger partial charge in [-0.05, 0) is 49.5 Å². The van der Waals surface area contributed by atoms with Crippen LogP contribution in [0.5, 0.6) is 11.5 Å². The normalized spacial score (nSPS) is 16.2. The Hall–Kier alpha value is -2.33. The predicted molar refractivity (Wildman–Crippen MR) is 98.7 cm³/mol. The molecule has 1 fully saturated rings. The molecule has 1 aliphatic rings. The average Bonchev–Trinajstić information content (AvgIpc) is 2.69. The first-order valence-electron chi connectivity index (χ1n) is 8.76. The Labute approximate surface area is 149 Å². The molecule has 1 aliphatic heterocycles. The number of Topliss-reactive ketones (excluding diaryl/α,β-unsaturated/α-hetero) is 1. The van der Waals surface area contributed by atoms with Gasteiger partial charge in [0.25, 0.3) is 0 Å². The lowest BCUT2D eigenvalue weighted by molar-refractivity contribution is 0.0915. The Morgan fingerprint density at radius 1 is 1.00 bits per heavy atom. The van der Waals surface area contributed by atoms with Gasteiger partial charge in [0.2, 0.25) is 0 Å². The van der Waals surface area contributed by atoms with Crippen LogP contribution in [0.3, 0.4) is 0 Å². The number of ether oxygens (including phenoxy) is 2. The van der Waals surface area contributed by atoms with E-state index in [4.69, 9.17) is 9.47 Å². The van der Waals surface area contributed by atoms with Crippen LogP contribution in [-0.4, -0.2) is 33.1 Å². The number of nitrogens with one attached hydrogen (secondary N) is 1. The van der Waals surface area contributed by atoms with Gasteiger partial charge in [-0.1, -0.05) is 30.3 Å². The second-order valence-electron chi connectivity index (χ2n) is 6.44. The summed E-state index contributed by atoms with van der Waals surface area (Å²) < 4.78 is 10.7. The molecule has 0 saturated carbocycles. The Morgan fingerprint density at radius 3 is 2.16 bits per heavy atom. The van der Waals surface area contributed by atoms with Gasteiger partial charge in [-0.3, -0.25) is 4.79 Å². The van der Waals surface area contributed by atoms with Gasteiger partial charge in [-0.25, -0.2) is 0 Å². The fourth-order valence-corrected chi connectivity index (χ4v) is 3.60. The molecule has 1 unspecified atom stereocenters. The maximum Gasteiger partial charge on any atom is 0.170 e. The highest BCUT2D eigenvalue weighted by atomic mass is 16.5. The van der Waals surface area contributed by atoms with E-state index in [-0.39, 0.29) is 11.7 Å². The van der Waals surface area contributed by atoms with E-state index >= 15 is 0 Å². The molecule has 132 valence electrons. The number of piperidine rings is 1. The maximum atomic E-state index is 13.4. The van der Waals surface area contributed by atoms with Crippen molar-refractivity contribution in [3.8, 4) is 11.5 Å². The van der Waals surface area contributed by atoms with E-state index in [0.29, 0.717) is 23.0 Å². The van der Waals surface area contributed by atoms with Crippen molar-refractivity contribution in [3.63, 3.8) is 0 Å². The van der Waals surface area contributed by atoms with Crippen molar-refractivity contribution in [3.05, 3.63) is 59.7 Å². The molecule has 1 N–H and O–H groups in total. The lowest BCUT2D eigenvalue weighted by atomic mass is 9.76. The second kappa shape index (κ2) is 8.17. The number of methoxy groups -OCH3 is 2. The zero-order valence-electron chi connectivity index (χ0n) is 14.8. The van der Waals surface area contributed by atoms with Crippen LogP contribution in [0.1, 0.15) is 34.7 Å². The molecule has 3 rings (SSSR count). The standard InChI is InChI=1S/C21H25NO3/c1-24-18-12-17(13-19(14-18)25-2)21(23)20(15-6-4-3-5-7-15)16-8-10-22-11-9-16/h3-7,12-14,16,20,22H,8-11H2,1-2H3. The van der Waals surface area contributed by atoms with Crippen LogP contribution in [0.4, 0.5) is 0 Å². The van der Waals surface area contributed by atoms with Gasteiger partial charge in [-0.2, -0.15) is 0 Å². The highest BCUT2D eigenvalue weighted by Crippen LogP contribution is 2.35. The quantitative estimate of drug-likeness (QED) is 0.816. The molecule has 25 heavy (non-hydrogen) atoms. The first-order chi connectivity index (χ1) is 12.2. The van der Waals surface area contributed by atoms with Gasteiger partial charge < -0.3 is 14.8 Å². The third-order valence-corrected chi connectivity index (χ3v) is 4.93. The molecule has 0 radical (unpaired) electrons. The summed E-state index contributed by atoms with van der Waals surface area (Å²) in [5.74, 6) is 1.61. The first kappa shape index (κ1) is 17.5. The number of benzene rings is 2. The van der Waals surface area contributed by atoms with E-state index in [0.717, 1.165) is 31.5 Å². The Bertz CT molecular complexity index is 686. The largest absolute Gasteiger partial charge is 0.497 e. The van der Waals surface area contributed by atoms with Crippen molar-refractivity contribution in [2.24, 2.45) is 5.92 Å². The molecule has 4 heteroatoms. The summed E-state index contributed by atoms with van der Waals surface area (Å²) in [4.78, 5) is 13.4. The summed E-state index contributed by atoms with van der Waals surface area (Å²) in [5, 5.41) is 3.38. The molecule has 0 bridgehead atoms. The van der Waals surface area contributed by atoms with Gasteiger partial charge in [0, 0.05) is 11.6 Å². The molecule has 0 spiro atoms. The van der Waals surface area contributed by atoms with E-state index in [1.165, 1.54) is 0 Å². The minimum Gasteiger partial charge on any atom is -0.497 e. The summed E-state index contributed by atoms with van der Waals surface area (Å²) in [6.07, 6.45) is 2.01. The third kappa shape index (κ3) is 4.02. The van der Waals surface area contributed by atoms with Crippen molar-refractivity contribution in [2.75, 3.05) is 27.3 Å². The molecule has 1 saturated heterocycles. The summed E-state index contributed by atoms with van der Waals surface area (Å²) in [5.41, 5.74) is 1.73. The third-order valence-electron chi connectivity index (χ3n) is 4.93.